The molecule has 0 aromatic carbocycles. The van der Waals surface area contributed by atoms with Gasteiger partial charge in [0.15, 0.2) is 0 Å². The monoisotopic (exact) mass is 212 g/mol. The minimum atomic E-state index is -0.683. The van der Waals surface area contributed by atoms with Crippen LogP contribution in [0, 0.1) is 16.7 Å². The lowest BCUT2D eigenvalue weighted by Gasteiger charge is -2.51. The molecule has 0 heterocycles. The molecule has 4 atom stereocenters. The lowest BCUT2D eigenvalue weighted by atomic mass is 9.58. The van der Waals surface area contributed by atoms with E-state index in [4.69, 9.17) is 0 Å². The standard InChI is InChI=1S/C13H24O2/c1-9(14)7-13(15)11(2,3)10-5-6-12(13,4)8-10/h9-10,14-15H,5-8H2,1-4H3/t9-,10+,12-,13+/m1/s1. The van der Waals surface area contributed by atoms with Gasteiger partial charge in [-0.15, -0.1) is 0 Å². The SMILES string of the molecule is C[C@@H](O)C[C@]1(O)C(C)(C)[C@H]2CC[C@]1(C)C2. The largest absolute Gasteiger partial charge is 0.393 e. The van der Waals surface area contributed by atoms with Gasteiger partial charge in [-0.1, -0.05) is 20.8 Å². The fraction of sp³-hybridized carbons (Fsp3) is 1.00. The second kappa shape index (κ2) is 2.98. The van der Waals surface area contributed by atoms with Gasteiger partial charge in [-0.2, -0.15) is 0 Å². The molecule has 0 saturated heterocycles. The lowest BCUT2D eigenvalue weighted by molar-refractivity contribution is -0.161. The zero-order valence-corrected chi connectivity index (χ0v) is 10.4. The van der Waals surface area contributed by atoms with Crippen molar-refractivity contribution in [3.63, 3.8) is 0 Å². The van der Waals surface area contributed by atoms with Crippen molar-refractivity contribution in [1.82, 2.24) is 0 Å². The first-order valence-electron chi connectivity index (χ1n) is 6.13. The molecule has 2 rings (SSSR count). The van der Waals surface area contributed by atoms with Gasteiger partial charge in [0, 0.05) is 6.42 Å². The minimum Gasteiger partial charge on any atom is -0.393 e. The van der Waals surface area contributed by atoms with Crippen LogP contribution in [0.15, 0.2) is 0 Å². The molecule has 2 heteroatoms. The van der Waals surface area contributed by atoms with E-state index in [-0.39, 0.29) is 10.8 Å². The van der Waals surface area contributed by atoms with Crippen molar-refractivity contribution >= 4 is 0 Å². The van der Waals surface area contributed by atoms with Gasteiger partial charge in [0.2, 0.25) is 0 Å². The Morgan fingerprint density at radius 1 is 1.33 bits per heavy atom. The van der Waals surface area contributed by atoms with E-state index in [1.165, 1.54) is 6.42 Å². The van der Waals surface area contributed by atoms with Crippen LogP contribution in [-0.2, 0) is 0 Å². The maximum atomic E-state index is 11.0. The molecule has 0 unspecified atom stereocenters. The molecule has 88 valence electrons. The third-order valence-corrected chi connectivity index (χ3v) is 5.42. The molecule has 2 fully saturated rings. The summed E-state index contributed by atoms with van der Waals surface area (Å²) in [4.78, 5) is 0. The maximum absolute atomic E-state index is 11.0. The maximum Gasteiger partial charge on any atom is 0.0778 e. The molecule has 2 N–H and O–H groups in total. The molecule has 2 saturated carbocycles. The Hall–Kier alpha value is -0.0800. The van der Waals surface area contributed by atoms with Crippen molar-refractivity contribution < 1.29 is 10.2 Å². The second-order valence-corrected chi connectivity index (χ2v) is 6.64. The van der Waals surface area contributed by atoms with Crippen LogP contribution in [0.25, 0.3) is 0 Å². The summed E-state index contributed by atoms with van der Waals surface area (Å²) in [6.45, 7) is 8.32. The van der Waals surface area contributed by atoms with Crippen LogP contribution >= 0.6 is 0 Å². The Morgan fingerprint density at radius 2 is 1.93 bits per heavy atom. The Labute approximate surface area is 92.7 Å². The number of hydrogen-bond donors (Lipinski definition) is 2. The lowest BCUT2D eigenvalue weighted by Crippen LogP contribution is -2.55. The van der Waals surface area contributed by atoms with Crippen LogP contribution in [0.3, 0.4) is 0 Å². The van der Waals surface area contributed by atoms with E-state index in [2.05, 4.69) is 20.8 Å². The summed E-state index contributed by atoms with van der Waals surface area (Å²) in [6, 6.07) is 0. The molecule has 0 aromatic heterocycles. The fourth-order valence-corrected chi connectivity index (χ4v) is 4.28. The van der Waals surface area contributed by atoms with Gasteiger partial charge in [-0.05, 0) is 42.9 Å². The van der Waals surface area contributed by atoms with Crippen molar-refractivity contribution in [2.75, 3.05) is 0 Å². The Balaban J connectivity index is 2.36. The molecule has 2 aliphatic carbocycles. The minimum absolute atomic E-state index is 0.0259. The number of rotatable bonds is 2. The van der Waals surface area contributed by atoms with E-state index in [0.717, 1.165) is 12.8 Å². The van der Waals surface area contributed by atoms with Gasteiger partial charge < -0.3 is 10.2 Å². The highest BCUT2D eigenvalue weighted by atomic mass is 16.3. The quantitative estimate of drug-likeness (QED) is 0.737. The van der Waals surface area contributed by atoms with E-state index in [1.54, 1.807) is 6.92 Å². The van der Waals surface area contributed by atoms with Gasteiger partial charge in [-0.25, -0.2) is 0 Å². The highest BCUT2D eigenvalue weighted by molar-refractivity contribution is 5.18. The molecular weight excluding hydrogens is 188 g/mol. The Morgan fingerprint density at radius 3 is 2.33 bits per heavy atom. The van der Waals surface area contributed by atoms with Gasteiger partial charge in [0.05, 0.1) is 11.7 Å². The molecule has 0 aliphatic heterocycles. The third-order valence-electron chi connectivity index (χ3n) is 5.42. The third kappa shape index (κ3) is 1.24. The zero-order valence-electron chi connectivity index (χ0n) is 10.4. The van der Waals surface area contributed by atoms with Crippen LogP contribution in [0.4, 0.5) is 0 Å². The van der Waals surface area contributed by atoms with Crippen molar-refractivity contribution in [2.45, 2.75) is 65.1 Å². The fourth-order valence-electron chi connectivity index (χ4n) is 4.28. The number of hydrogen-bond acceptors (Lipinski definition) is 2. The Kier molecular flexibility index (Phi) is 2.27. The summed E-state index contributed by atoms with van der Waals surface area (Å²) in [6.07, 6.45) is 3.59. The topological polar surface area (TPSA) is 40.5 Å². The number of aliphatic hydroxyl groups excluding tert-OH is 1. The average molecular weight is 212 g/mol. The molecule has 2 aliphatic rings. The van der Waals surface area contributed by atoms with Crippen LogP contribution in [0.2, 0.25) is 0 Å². The van der Waals surface area contributed by atoms with Crippen molar-refractivity contribution in [1.29, 1.82) is 0 Å². The van der Waals surface area contributed by atoms with Gasteiger partial charge in [0.25, 0.3) is 0 Å². The Bertz CT molecular complexity index is 265. The zero-order chi connectivity index (χ0) is 11.5. The highest BCUT2D eigenvalue weighted by Gasteiger charge is 2.68. The van der Waals surface area contributed by atoms with Gasteiger partial charge >= 0.3 is 0 Å². The van der Waals surface area contributed by atoms with E-state index < -0.39 is 11.7 Å². The average Bonchev–Trinajstić information content (AvgIpc) is 2.51. The summed E-state index contributed by atoms with van der Waals surface area (Å²) >= 11 is 0. The number of fused-ring (bicyclic) bond motifs is 2. The summed E-state index contributed by atoms with van der Waals surface area (Å²) in [5, 5.41) is 20.6. The molecule has 0 spiro atoms. The van der Waals surface area contributed by atoms with E-state index >= 15 is 0 Å². The molecular formula is C13H24O2. The van der Waals surface area contributed by atoms with Crippen LogP contribution in [-0.4, -0.2) is 21.9 Å². The number of aliphatic hydroxyl groups is 2. The first-order chi connectivity index (χ1) is 6.73. The molecule has 15 heavy (non-hydrogen) atoms. The molecule has 0 radical (unpaired) electrons. The van der Waals surface area contributed by atoms with Gasteiger partial charge in [0.1, 0.15) is 0 Å². The van der Waals surface area contributed by atoms with E-state index in [1.807, 2.05) is 0 Å². The predicted octanol–water partition coefficient (Wildman–Crippen LogP) is 2.33. The summed E-state index contributed by atoms with van der Waals surface area (Å²) < 4.78 is 0. The van der Waals surface area contributed by atoms with Crippen LogP contribution < -0.4 is 0 Å². The highest BCUT2D eigenvalue weighted by Crippen LogP contribution is 2.69. The molecule has 0 aromatic rings. The van der Waals surface area contributed by atoms with E-state index in [0.29, 0.717) is 12.3 Å². The normalized spacial score (nSPS) is 49.6. The summed E-state index contributed by atoms with van der Waals surface area (Å²) in [5.41, 5.74) is -0.702. The first kappa shape index (κ1) is 11.4. The van der Waals surface area contributed by atoms with Gasteiger partial charge in [-0.3, -0.25) is 0 Å². The van der Waals surface area contributed by atoms with Crippen molar-refractivity contribution in [3.05, 3.63) is 0 Å². The molecule has 2 nitrogen and oxygen atoms in total. The smallest absolute Gasteiger partial charge is 0.0778 e. The van der Waals surface area contributed by atoms with Crippen LogP contribution in [0.5, 0.6) is 0 Å². The summed E-state index contributed by atoms with van der Waals surface area (Å²) in [7, 11) is 0. The predicted molar refractivity (Wildman–Crippen MR) is 60.5 cm³/mol. The second-order valence-electron chi connectivity index (χ2n) is 6.64. The van der Waals surface area contributed by atoms with Crippen LogP contribution in [0.1, 0.15) is 53.4 Å². The van der Waals surface area contributed by atoms with E-state index in [9.17, 15) is 10.2 Å². The molecule has 2 bridgehead atoms. The molecule has 0 amide bonds. The van der Waals surface area contributed by atoms with Crippen molar-refractivity contribution in [3.8, 4) is 0 Å². The first-order valence-corrected chi connectivity index (χ1v) is 6.13. The summed E-state index contributed by atoms with van der Waals surface area (Å²) in [5.74, 6) is 0.631. The van der Waals surface area contributed by atoms with Crippen molar-refractivity contribution in [2.24, 2.45) is 16.7 Å².